The van der Waals surface area contributed by atoms with Crippen molar-refractivity contribution in [2.45, 2.75) is 21.7 Å². The van der Waals surface area contributed by atoms with Crippen molar-refractivity contribution in [3.8, 4) is 5.69 Å². The highest BCUT2D eigenvalue weighted by Gasteiger charge is 2.65. The monoisotopic (exact) mass is 955 g/mol. The summed E-state index contributed by atoms with van der Waals surface area (Å²) in [7, 11) is 0. The van der Waals surface area contributed by atoms with Crippen molar-refractivity contribution in [3.05, 3.63) is 411 Å². The van der Waals surface area contributed by atoms with Crippen molar-refractivity contribution in [1.29, 1.82) is 0 Å². The molecular weight excluding hydrogens is 903 g/mol. The smallest absolute Gasteiger partial charge is 0.0864 e. The van der Waals surface area contributed by atoms with Crippen molar-refractivity contribution in [2.24, 2.45) is 0 Å². The lowest BCUT2D eigenvalue weighted by atomic mass is 9.47. The Labute approximate surface area is 440 Å². The van der Waals surface area contributed by atoms with E-state index in [-0.39, 0.29) is 0 Å². The molecule has 1 aromatic heterocycles. The minimum Gasteiger partial charge on any atom is -0.314 e. The first-order valence-corrected chi connectivity index (χ1v) is 26.3. The maximum Gasteiger partial charge on any atom is 0.0864 e. The van der Waals surface area contributed by atoms with Crippen LogP contribution in [0.3, 0.4) is 0 Å². The van der Waals surface area contributed by atoms with Gasteiger partial charge < -0.3 is 4.57 Å². The van der Waals surface area contributed by atoms with E-state index in [1.165, 1.54) is 89.3 Å². The van der Waals surface area contributed by atoms with E-state index in [0.29, 0.717) is 0 Å². The van der Waals surface area contributed by atoms with Crippen molar-refractivity contribution in [1.82, 2.24) is 4.57 Å². The number of rotatable bonds is 9. The average Bonchev–Trinajstić information content (AvgIpc) is 3.87. The van der Waals surface area contributed by atoms with E-state index in [0.717, 1.165) is 5.69 Å². The zero-order valence-corrected chi connectivity index (χ0v) is 41.5. The maximum absolute atomic E-state index is 2.79. The van der Waals surface area contributed by atoms with Crippen LogP contribution >= 0.6 is 0 Å². The van der Waals surface area contributed by atoms with E-state index in [1.54, 1.807) is 0 Å². The van der Waals surface area contributed by atoms with E-state index >= 15 is 0 Å². The van der Waals surface area contributed by atoms with Crippen LogP contribution in [0.1, 0.15) is 89.3 Å². The van der Waals surface area contributed by atoms with Crippen LogP contribution in [0.2, 0.25) is 0 Å². The van der Waals surface area contributed by atoms with Crippen LogP contribution in [-0.2, 0) is 21.7 Å². The van der Waals surface area contributed by atoms with Crippen LogP contribution in [0.5, 0.6) is 0 Å². The van der Waals surface area contributed by atoms with Gasteiger partial charge in [-0.15, -0.1) is 0 Å². The second kappa shape index (κ2) is 17.7. The number of nitrogens with zero attached hydrogens (tertiary/aromatic N) is 1. The Balaban J connectivity index is 1.41. The number of hydrogen-bond acceptors (Lipinski definition) is 0. The third kappa shape index (κ3) is 6.07. The molecule has 0 radical (unpaired) electrons. The fourth-order valence-electron chi connectivity index (χ4n) is 14.2. The molecular formula is C74H53N. The molecule has 0 amide bonds. The quantitative estimate of drug-likeness (QED) is 0.136. The predicted octanol–water partition coefficient (Wildman–Crippen LogP) is 16.6. The number of benzene rings is 11. The van der Waals surface area contributed by atoms with Crippen molar-refractivity contribution in [3.63, 3.8) is 0 Å². The Kier molecular flexibility index (Phi) is 10.5. The van der Waals surface area contributed by atoms with Crippen LogP contribution in [0.15, 0.2) is 322 Å². The van der Waals surface area contributed by atoms with Gasteiger partial charge in [0.05, 0.1) is 21.7 Å². The molecule has 0 unspecified atom stereocenters. The number of fused-ring (bicyclic) bond motifs is 5. The van der Waals surface area contributed by atoms with Crippen molar-refractivity contribution in [2.75, 3.05) is 0 Å². The van der Waals surface area contributed by atoms with Crippen LogP contribution in [0.25, 0.3) is 5.69 Å². The van der Waals surface area contributed by atoms with E-state index in [9.17, 15) is 0 Å². The second-order valence-electron chi connectivity index (χ2n) is 20.1. The summed E-state index contributed by atoms with van der Waals surface area (Å²) in [5.41, 5.74) is 17.0. The largest absolute Gasteiger partial charge is 0.314 e. The number of para-hydroxylation sites is 1. The lowest BCUT2D eigenvalue weighted by Crippen LogP contribution is -2.49. The SMILES string of the molecule is c1ccc(-n2c3c(c4c2C(c2ccccc2)(c2ccccc2)c2ccccc2C4(c2ccccc2)c2ccccc2)C(c2ccccc2)(c2ccccc2)c2ccccc2C3(c2ccccc2)c2ccccc2)cc1. The molecule has 75 heavy (non-hydrogen) atoms. The molecule has 1 heteroatoms. The van der Waals surface area contributed by atoms with Gasteiger partial charge in [-0.1, -0.05) is 309 Å². The van der Waals surface area contributed by atoms with Gasteiger partial charge in [-0.2, -0.15) is 0 Å². The molecule has 2 aliphatic rings. The summed E-state index contributed by atoms with van der Waals surface area (Å²) in [6.45, 7) is 0. The molecule has 2 aliphatic carbocycles. The highest BCUT2D eigenvalue weighted by Crippen LogP contribution is 2.69. The van der Waals surface area contributed by atoms with Gasteiger partial charge >= 0.3 is 0 Å². The molecule has 12 aromatic rings. The predicted molar refractivity (Wildman–Crippen MR) is 306 cm³/mol. The zero-order chi connectivity index (χ0) is 49.9. The molecule has 354 valence electrons. The molecule has 0 spiro atoms. The zero-order valence-electron chi connectivity index (χ0n) is 41.5. The van der Waals surface area contributed by atoms with Crippen LogP contribution < -0.4 is 0 Å². The van der Waals surface area contributed by atoms with Gasteiger partial charge in [0.2, 0.25) is 0 Å². The number of aromatic nitrogens is 1. The molecule has 1 nitrogen and oxygen atoms in total. The lowest BCUT2D eigenvalue weighted by Gasteiger charge is -2.53. The van der Waals surface area contributed by atoms with Gasteiger partial charge in [-0.3, -0.25) is 0 Å². The minimum absolute atomic E-state index is 0.904. The molecule has 14 rings (SSSR count). The Hall–Kier alpha value is -9.30. The van der Waals surface area contributed by atoms with Crippen LogP contribution in [-0.4, -0.2) is 4.57 Å². The van der Waals surface area contributed by atoms with E-state index in [4.69, 9.17) is 0 Å². The topological polar surface area (TPSA) is 4.93 Å². The summed E-state index contributed by atoms with van der Waals surface area (Å²) in [5, 5.41) is 0. The van der Waals surface area contributed by atoms with Gasteiger partial charge in [-0.05, 0) is 90.0 Å². The van der Waals surface area contributed by atoms with Gasteiger partial charge in [0.15, 0.2) is 0 Å². The Bertz CT molecular complexity index is 3540. The van der Waals surface area contributed by atoms with Gasteiger partial charge in [0.1, 0.15) is 0 Å². The summed E-state index contributed by atoms with van der Waals surface area (Å²) in [6, 6.07) is 122. The molecule has 0 saturated carbocycles. The number of hydrogen-bond donors (Lipinski definition) is 0. The van der Waals surface area contributed by atoms with Crippen LogP contribution in [0, 0.1) is 0 Å². The maximum atomic E-state index is 2.79. The first kappa shape index (κ1) is 44.4. The first-order chi connectivity index (χ1) is 37.3. The molecule has 0 aliphatic heterocycles. The normalized spacial score (nSPS) is 15.1. The standard InChI is InChI=1S/C74H53N/c1-10-32-54(33-11-1)71(55-34-12-2-13-35-55)63-50-28-30-52-65(63)73(58-40-18-5-19-41-58,59-42-20-6-21-43-59)69-67(71)68-70(75(69)62-48-26-9-27-49-62)74(60-44-22-7-23-45-60,61-46-24-8-25-47-61)66-53-31-29-51-64(66)72(68,56-36-14-3-15-37-56)57-38-16-4-17-39-57/h1-53H. The Morgan fingerprint density at radius 1 is 0.173 bits per heavy atom. The van der Waals surface area contributed by atoms with E-state index < -0.39 is 21.7 Å². The van der Waals surface area contributed by atoms with E-state index in [1.807, 2.05) is 0 Å². The summed E-state index contributed by atoms with van der Waals surface area (Å²) in [4.78, 5) is 0. The highest BCUT2D eigenvalue weighted by atomic mass is 15.1. The Morgan fingerprint density at radius 3 is 0.573 bits per heavy atom. The second-order valence-corrected chi connectivity index (χ2v) is 20.1. The summed E-state index contributed by atoms with van der Waals surface area (Å²) < 4.78 is 2.79. The van der Waals surface area contributed by atoms with Crippen LogP contribution in [0.4, 0.5) is 0 Å². The molecule has 0 N–H and O–H groups in total. The van der Waals surface area contributed by atoms with E-state index in [2.05, 4.69) is 326 Å². The van der Waals surface area contributed by atoms with Gasteiger partial charge in [-0.25, -0.2) is 0 Å². The fourth-order valence-corrected chi connectivity index (χ4v) is 14.2. The van der Waals surface area contributed by atoms with Crippen molar-refractivity contribution < 1.29 is 0 Å². The summed E-state index contributed by atoms with van der Waals surface area (Å²) in [6.07, 6.45) is 0. The first-order valence-electron chi connectivity index (χ1n) is 26.3. The molecule has 0 atom stereocenters. The molecule has 0 saturated heterocycles. The third-order valence-electron chi connectivity index (χ3n) is 16.8. The summed E-state index contributed by atoms with van der Waals surface area (Å²) >= 11 is 0. The molecule has 1 heterocycles. The minimum atomic E-state index is -0.911. The lowest BCUT2D eigenvalue weighted by molar-refractivity contribution is 0.582. The highest BCUT2D eigenvalue weighted by molar-refractivity contribution is 5.86. The summed E-state index contributed by atoms with van der Waals surface area (Å²) in [5.74, 6) is 0. The average molecular weight is 956 g/mol. The third-order valence-corrected chi connectivity index (χ3v) is 16.8. The van der Waals surface area contributed by atoms with Gasteiger partial charge in [0.25, 0.3) is 0 Å². The molecule has 0 bridgehead atoms. The molecule has 11 aromatic carbocycles. The molecule has 0 fully saturated rings. The fraction of sp³-hybridized carbons (Fsp3) is 0.0541. The Morgan fingerprint density at radius 2 is 0.347 bits per heavy atom. The van der Waals surface area contributed by atoms with Gasteiger partial charge in [0, 0.05) is 17.1 Å². The van der Waals surface area contributed by atoms with Crippen molar-refractivity contribution >= 4 is 0 Å².